The maximum Gasteiger partial charge on any atom is 0.178 e. The summed E-state index contributed by atoms with van der Waals surface area (Å²) in [6.45, 7) is 0. The number of terminal acetylenes is 1. The van der Waals surface area contributed by atoms with Gasteiger partial charge in [-0.25, -0.2) is 4.89 Å². The normalized spacial score (nSPS) is 11.6. The summed E-state index contributed by atoms with van der Waals surface area (Å²) < 4.78 is 5.65. The topological polar surface area (TPSA) is 38.7 Å². The van der Waals surface area contributed by atoms with E-state index in [-0.39, 0.29) is 0 Å². The van der Waals surface area contributed by atoms with Crippen molar-refractivity contribution in [3.05, 3.63) is 60.2 Å². The molecule has 1 atom stereocenters. The van der Waals surface area contributed by atoms with Crippen LogP contribution in [0.5, 0.6) is 11.5 Å². The van der Waals surface area contributed by atoms with Gasteiger partial charge in [-0.2, -0.15) is 0 Å². The third kappa shape index (κ3) is 2.89. The van der Waals surface area contributed by atoms with Crippen LogP contribution in [0.4, 0.5) is 0 Å². The number of hydrogen-bond donors (Lipinski definition) is 1. The van der Waals surface area contributed by atoms with Crippen molar-refractivity contribution in [2.45, 2.75) is 6.10 Å². The van der Waals surface area contributed by atoms with Crippen molar-refractivity contribution in [3.63, 3.8) is 0 Å². The molecule has 0 aliphatic carbocycles. The monoisotopic (exact) mass is 240 g/mol. The molecule has 0 amide bonds. The average Bonchev–Trinajstić information content (AvgIpc) is 2.42. The molecule has 1 N–H and O–H groups in total. The van der Waals surface area contributed by atoms with Gasteiger partial charge in [0.1, 0.15) is 11.5 Å². The van der Waals surface area contributed by atoms with Gasteiger partial charge in [-0.3, -0.25) is 5.26 Å². The van der Waals surface area contributed by atoms with Gasteiger partial charge >= 0.3 is 0 Å². The van der Waals surface area contributed by atoms with Gasteiger partial charge in [-0.15, -0.1) is 6.42 Å². The second kappa shape index (κ2) is 5.87. The van der Waals surface area contributed by atoms with E-state index in [1.54, 1.807) is 24.3 Å². The smallest absolute Gasteiger partial charge is 0.178 e. The molecule has 2 aromatic rings. The van der Waals surface area contributed by atoms with Crippen molar-refractivity contribution in [1.82, 2.24) is 0 Å². The lowest BCUT2D eigenvalue weighted by atomic mass is 10.1. The van der Waals surface area contributed by atoms with Gasteiger partial charge in [0.2, 0.25) is 0 Å². The quantitative estimate of drug-likeness (QED) is 0.503. The highest BCUT2D eigenvalue weighted by atomic mass is 17.1. The number of para-hydroxylation sites is 1. The molecule has 0 saturated carbocycles. The van der Waals surface area contributed by atoms with Crippen molar-refractivity contribution >= 4 is 0 Å². The van der Waals surface area contributed by atoms with E-state index >= 15 is 0 Å². The summed E-state index contributed by atoms with van der Waals surface area (Å²) in [6.07, 6.45) is 4.45. The van der Waals surface area contributed by atoms with Crippen molar-refractivity contribution < 1.29 is 14.9 Å². The Morgan fingerprint density at radius 3 is 2.39 bits per heavy atom. The molecule has 0 aromatic heterocycles. The first-order valence-corrected chi connectivity index (χ1v) is 5.42. The molecule has 0 fully saturated rings. The Morgan fingerprint density at radius 2 is 1.72 bits per heavy atom. The lowest BCUT2D eigenvalue weighted by molar-refractivity contribution is -0.266. The van der Waals surface area contributed by atoms with E-state index < -0.39 is 6.10 Å². The van der Waals surface area contributed by atoms with Crippen LogP contribution in [0.2, 0.25) is 0 Å². The number of rotatable bonds is 4. The zero-order valence-corrected chi connectivity index (χ0v) is 9.61. The first kappa shape index (κ1) is 12.2. The molecular formula is C15H12O3. The number of hydrogen-bond acceptors (Lipinski definition) is 3. The van der Waals surface area contributed by atoms with Gasteiger partial charge in [-0.05, 0) is 29.8 Å². The number of ether oxygens (including phenoxy) is 1. The molecule has 0 heterocycles. The number of benzene rings is 2. The van der Waals surface area contributed by atoms with E-state index in [1.165, 1.54) is 0 Å². The summed E-state index contributed by atoms with van der Waals surface area (Å²) in [5.74, 6) is 3.70. The minimum Gasteiger partial charge on any atom is -0.457 e. The molecule has 90 valence electrons. The van der Waals surface area contributed by atoms with Crippen LogP contribution in [0.15, 0.2) is 54.6 Å². The lowest BCUT2D eigenvalue weighted by Gasteiger charge is -2.10. The molecule has 0 spiro atoms. The molecule has 0 bridgehead atoms. The van der Waals surface area contributed by atoms with Crippen molar-refractivity contribution in [3.8, 4) is 23.8 Å². The van der Waals surface area contributed by atoms with Crippen LogP contribution >= 0.6 is 0 Å². The zero-order valence-electron chi connectivity index (χ0n) is 9.61. The Labute approximate surface area is 106 Å². The molecule has 1 unspecified atom stereocenters. The van der Waals surface area contributed by atoms with Crippen LogP contribution in [-0.2, 0) is 4.89 Å². The van der Waals surface area contributed by atoms with Gasteiger partial charge < -0.3 is 4.74 Å². The standard InChI is InChI=1S/C15H12O3/c1-2-15(18-16)12-7-6-10-14(11-12)17-13-8-4-3-5-9-13/h1,3-11,15-16H. The zero-order chi connectivity index (χ0) is 12.8. The Kier molecular flexibility index (Phi) is 3.98. The summed E-state index contributed by atoms with van der Waals surface area (Å²) in [5.41, 5.74) is 0.661. The third-order valence-corrected chi connectivity index (χ3v) is 2.40. The van der Waals surface area contributed by atoms with Gasteiger partial charge in [0.05, 0.1) is 0 Å². The first-order valence-electron chi connectivity index (χ1n) is 5.42. The molecular weight excluding hydrogens is 228 g/mol. The molecule has 18 heavy (non-hydrogen) atoms. The molecule has 3 nitrogen and oxygen atoms in total. The molecule has 0 radical (unpaired) electrons. The summed E-state index contributed by atoms with van der Waals surface area (Å²) in [6, 6.07) is 16.5. The van der Waals surface area contributed by atoms with Gasteiger partial charge in [-0.1, -0.05) is 36.3 Å². The highest BCUT2D eigenvalue weighted by Gasteiger charge is 2.09. The van der Waals surface area contributed by atoms with Crippen molar-refractivity contribution in [2.75, 3.05) is 0 Å². The summed E-state index contributed by atoms with van der Waals surface area (Å²) >= 11 is 0. The van der Waals surface area contributed by atoms with Gasteiger partial charge in [0.15, 0.2) is 6.10 Å². The fourth-order valence-electron chi connectivity index (χ4n) is 1.55. The van der Waals surface area contributed by atoms with Gasteiger partial charge in [0.25, 0.3) is 0 Å². The van der Waals surface area contributed by atoms with Crippen LogP contribution < -0.4 is 4.74 Å². The highest BCUT2D eigenvalue weighted by molar-refractivity contribution is 5.36. The van der Waals surface area contributed by atoms with Crippen molar-refractivity contribution in [1.29, 1.82) is 0 Å². The summed E-state index contributed by atoms with van der Waals surface area (Å²) in [4.78, 5) is 4.20. The van der Waals surface area contributed by atoms with Crippen LogP contribution in [0, 0.1) is 12.3 Å². The van der Waals surface area contributed by atoms with Crippen LogP contribution in [0.1, 0.15) is 11.7 Å². The van der Waals surface area contributed by atoms with Crippen LogP contribution in [0.3, 0.4) is 0 Å². The van der Waals surface area contributed by atoms with E-state index in [2.05, 4.69) is 10.8 Å². The maximum atomic E-state index is 8.68. The molecule has 0 saturated heterocycles. The Morgan fingerprint density at radius 1 is 1.00 bits per heavy atom. The predicted octanol–water partition coefficient (Wildman–Crippen LogP) is 3.64. The lowest BCUT2D eigenvalue weighted by Crippen LogP contribution is -1.98. The van der Waals surface area contributed by atoms with Crippen molar-refractivity contribution in [2.24, 2.45) is 0 Å². The van der Waals surface area contributed by atoms with E-state index in [0.29, 0.717) is 11.3 Å². The van der Waals surface area contributed by atoms with E-state index in [4.69, 9.17) is 16.4 Å². The molecule has 3 heteroatoms. The van der Waals surface area contributed by atoms with E-state index in [0.717, 1.165) is 5.75 Å². The molecule has 0 aliphatic heterocycles. The minimum absolute atomic E-state index is 0.635. The molecule has 0 aliphatic rings. The maximum absolute atomic E-state index is 8.68. The van der Waals surface area contributed by atoms with E-state index in [1.807, 2.05) is 30.3 Å². The second-order valence-electron chi connectivity index (χ2n) is 3.64. The molecule has 2 aromatic carbocycles. The summed E-state index contributed by atoms with van der Waals surface area (Å²) in [5, 5.41) is 8.68. The summed E-state index contributed by atoms with van der Waals surface area (Å²) in [7, 11) is 0. The highest BCUT2D eigenvalue weighted by Crippen LogP contribution is 2.25. The SMILES string of the molecule is C#CC(OO)c1cccc(Oc2ccccc2)c1. The Balaban J connectivity index is 2.20. The molecule has 2 rings (SSSR count). The van der Waals surface area contributed by atoms with Crippen LogP contribution in [-0.4, -0.2) is 5.26 Å². The third-order valence-electron chi connectivity index (χ3n) is 2.40. The Bertz CT molecular complexity index is 543. The fourth-order valence-corrected chi connectivity index (χ4v) is 1.55. The minimum atomic E-state index is -0.788. The van der Waals surface area contributed by atoms with Crippen LogP contribution in [0.25, 0.3) is 0 Å². The first-order chi connectivity index (χ1) is 8.83. The second-order valence-corrected chi connectivity index (χ2v) is 3.64. The predicted molar refractivity (Wildman–Crippen MR) is 68.2 cm³/mol. The Hall–Kier alpha value is -2.28. The fraction of sp³-hybridized carbons (Fsp3) is 0.0667. The average molecular weight is 240 g/mol. The largest absolute Gasteiger partial charge is 0.457 e. The van der Waals surface area contributed by atoms with E-state index in [9.17, 15) is 0 Å². The van der Waals surface area contributed by atoms with Gasteiger partial charge in [0, 0.05) is 0 Å².